The molecule has 5 nitrogen and oxygen atoms in total. The molecule has 1 saturated carbocycles. The van der Waals surface area contributed by atoms with Crippen molar-refractivity contribution < 1.29 is 14.6 Å². The van der Waals surface area contributed by atoms with Crippen LogP contribution in [0.2, 0.25) is 0 Å². The van der Waals surface area contributed by atoms with Crippen molar-refractivity contribution in [2.24, 2.45) is 5.41 Å². The van der Waals surface area contributed by atoms with Gasteiger partial charge in [-0.25, -0.2) is 0 Å². The van der Waals surface area contributed by atoms with E-state index in [0.717, 1.165) is 25.8 Å². The van der Waals surface area contributed by atoms with Gasteiger partial charge in [0.2, 0.25) is 5.91 Å². The van der Waals surface area contributed by atoms with Crippen LogP contribution in [0.3, 0.4) is 0 Å². The van der Waals surface area contributed by atoms with E-state index in [1.54, 1.807) is 7.11 Å². The fourth-order valence-corrected chi connectivity index (χ4v) is 2.89. The third-order valence-electron chi connectivity index (χ3n) is 4.22. The molecule has 1 N–H and O–H groups in total. The Bertz CT molecular complexity index is 315. The van der Waals surface area contributed by atoms with Crippen molar-refractivity contribution in [2.75, 3.05) is 40.9 Å². The Labute approximate surface area is 109 Å². The quantitative estimate of drug-likeness (QED) is 0.765. The number of aliphatic hydroxyl groups is 1. The van der Waals surface area contributed by atoms with E-state index in [1.807, 2.05) is 23.9 Å². The summed E-state index contributed by atoms with van der Waals surface area (Å²) in [6.45, 7) is 1.70. The topological polar surface area (TPSA) is 53.0 Å². The number of nitrogens with zero attached hydrogens (tertiary/aromatic N) is 2. The number of aliphatic hydroxyl groups excluding tert-OH is 1. The number of methoxy groups -OCH3 is 1. The summed E-state index contributed by atoms with van der Waals surface area (Å²) in [6, 6.07) is 0.159. The second-order valence-corrected chi connectivity index (χ2v) is 5.85. The van der Waals surface area contributed by atoms with Crippen LogP contribution in [0.1, 0.15) is 19.3 Å². The SMILES string of the molecule is COCC1(C(=O)N2CC[C@H](N(C)C)[C@@H](O)C2)CC1. The lowest BCUT2D eigenvalue weighted by Crippen LogP contribution is -2.55. The van der Waals surface area contributed by atoms with Gasteiger partial charge in [-0.15, -0.1) is 0 Å². The van der Waals surface area contributed by atoms with Gasteiger partial charge in [-0.2, -0.15) is 0 Å². The molecule has 5 heteroatoms. The molecule has 0 aromatic carbocycles. The van der Waals surface area contributed by atoms with E-state index in [1.165, 1.54) is 0 Å². The zero-order valence-electron chi connectivity index (χ0n) is 11.6. The minimum atomic E-state index is -0.448. The Balaban J connectivity index is 1.94. The molecule has 1 saturated heterocycles. The van der Waals surface area contributed by atoms with Crippen LogP contribution >= 0.6 is 0 Å². The Morgan fingerprint density at radius 2 is 2.17 bits per heavy atom. The maximum atomic E-state index is 12.4. The molecule has 0 bridgehead atoms. The average molecular weight is 256 g/mol. The molecule has 1 amide bonds. The summed E-state index contributed by atoms with van der Waals surface area (Å²) >= 11 is 0. The number of hydrogen-bond acceptors (Lipinski definition) is 4. The highest BCUT2D eigenvalue weighted by molar-refractivity contribution is 5.85. The van der Waals surface area contributed by atoms with Gasteiger partial charge in [0.05, 0.1) is 18.1 Å². The van der Waals surface area contributed by atoms with Gasteiger partial charge in [0, 0.05) is 26.2 Å². The van der Waals surface area contributed by atoms with E-state index in [4.69, 9.17) is 4.74 Å². The molecule has 2 fully saturated rings. The summed E-state index contributed by atoms with van der Waals surface area (Å²) < 4.78 is 5.15. The van der Waals surface area contributed by atoms with Gasteiger partial charge in [0.25, 0.3) is 0 Å². The molecule has 0 unspecified atom stereocenters. The molecule has 2 rings (SSSR count). The first-order valence-corrected chi connectivity index (χ1v) is 6.63. The number of ether oxygens (including phenoxy) is 1. The van der Waals surface area contributed by atoms with Crippen molar-refractivity contribution in [2.45, 2.75) is 31.4 Å². The van der Waals surface area contributed by atoms with Crippen molar-refractivity contribution in [1.29, 1.82) is 0 Å². The number of hydrogen-bond donors (Lipinski definition) is 1. The lowest BCUT2D eigenvalue weighted by molar-refractivity contribution is -0.143. The summed E-state index contributed by atoms with van der Waals surface area (Å²) in [6.07, 6.45) is 2.23. The standard InChI is InChI=1S/C13H24N2O3/c1-14(2)10-4-7-15(8-11(10)16)12(17)13(5-6-13)9-18-3/h10-11,16H,4-9H2,1-3H3/t10-,11-/m0/s1. The monoisotopic (exact) mass is 256 g/mol. The van der Waals surface area contributed by atoms with Gasteiger partial charge in [0.1, 0.15) is 0 Å². The van der Waals surface area contributed by atoms with Crippen LogP contribution in [0.15, 0.2) is 0 Å². The first kappa shape index (κ1) is 13.8. The number of amides is 1. The zero-order chi connectivity index (χ0) is 13.3. The van der Waals surface area contributed by atoms with E-state index in [0.29, 0.717) is 13.2 Å². The molecule has 2 atom stereocenters. The summed E-state index contributed by atoms with van der Waals surface area (Å²) in [5.41, 5.74) is -0.278. The maximum absolute atomic E-state index is 12.4. The van der Waals surface area contributed by atoms with Crippen LogP contribution in [0.5, 0.6) is 0 Å². The van der Waals surface area contributed by atoms with Crippen molar-refractivity contribution in [3.05, 3.63) is 0 Å². The van der Waals surface area contributed by atoms with Gasteiger partial charge in [-0.3, -0.25) is 4.79 Å². The molecule has 1 heterocycles. The van der Waals surface area contributed by atoms with E-state index >= 15 is 0 Å². The minimum absolute atomic E-state index is 0.159. The minimum Gasteiger partial charge on any atom is -0.390 e. The molecule has 1 aliphatic heterocycles. The number of rotatable bonds is 4. The van der Waals surface area contributed by atoms with Gasteiger partial charge < -0.3 is 19.6 Å². The van der Waals surface area contributed by atoms with Crippen LogP contribution in [0, 0.1) is 5.41 Å². The number of piperidine rings is 1. The fourth-order valence-electron chi connectivity index (χ4n) is 2.89. The van der Waals surface area contributed by atoms with Crippen molar-refractivity contribution >= 4 is 5.91 Å². The Hall–Kier alpha value is -0.650. The molecule has 18 heavy (non-hydrogen) atoms. The smallest absolute Gasteiger partial charge is 0.231 e. The normalized spacial score (nSPS) is 30.6. The third-order valence-corrected chi connectivity index (χ3v) is 4.22. The predicted octanol–water partition coefficient (Wildman–Crippen LogP) is -0.0636. The number of carbonyl (C=O) groups is 1. The van der Waals surface area contributed by atoms with E-state index < -0.39 is 6.10 Å². The Morgan fingerprint density at radius 1 is 1.50 bits per heavy atom. The molecule has 0 aromatic heterocycles. The second-order valence-electron chi connectivity index (χ2n) is 5.85. The molecule has 1 aliphatic carbocycles. The predicted molar refractivity (Wildman–Crippen MR) is 68.2 cm³/mol. The molecular formula is C13H24N2O3. The van der Waals surface area contributed by atoms with Crippen molar-refractivity contribution in [1.82, 2.24) is 9.80 Å². The van der Waals surface area contributed by atoms with E-state index in [9.17, 15) is 9.90 Å². The molecule has 0 spiro atoms. The largest absolute Gasteiger partial charge is 0.390 e. The lowest BCUT2D eigenvalue weighted by Gasteiger charge is -2.40. The molecule has 2 aliphatic rings. The lowest BCUT2D eigenvalue weighted by atomic mass is 9.98. The van der Waals surface area contributed by atoms with Gasteiger partial charge in [-0.1, -0.05) is 0 Å². The highest BCUT2D eigenvalue weighted by Crippen LogP contribution is 2.47. The van der Waals surface area contributed by atoms with Crippen molar-refractivity contribution in [3.63, 3.8) is 0 Å². The Kier molecular flexibility index (Phi) is 3.94. The fraction of sp³-hybridized carbons (Fsp3) is 0.923. The van der Waals surface area contributed by atoms with Crippen molar-refractivity contribution in [3.8, 4) is 0 Å². The summed E-state index contributed by atoms with van der Waals surface area (Å²) in [4.78, 5) is 16.3. The zero-order valence-corrected chi connectivity index (χ0v) is 11.6. The van der Waals surface area contributed by atoms with Gasteiger partial charge in [0.15, 0.2) is 0 Å². The summed E-state index contributed by atoms with van der Waals surface area (Å²) in [5, 5.41) is 10.1. The third kappa shape index (κ3) is 2.53. The van der Waals surface area contributed by atoms with Gasteiger partial charge >= 0.3 is 0 Å². The van der Waals surface area contributed by atoms with Crippen LogP contribution in [-0.4, -0.2) is 73.9 Å². The summed E-state index contributed by atoms with van der Waals surface area (Å²) in [5.74, 6) is 0.167. The van der Waals surface area contributed by atoms with Crippen LogP contribution in [0.25, 0.3) is 0 Å². The molecule has 0 radical (unpaired) electrons. The maximum Gasteiger partial charge on any atom is 0.231 e. The number of β-amino-alcohol motifs (C(OH)–C–C–N with tert-alkyl or cyclic N) is 1. The first-order chi connectivity index (χ1) is 8.50. The number of likely N-dealkylation sites (N-methyl/N-ethyl adjacent to an activating group) is 1. The first-order valence-electron chi connectivity index (χ1n) is 6.63. The molecular weight excluding hydrogens is 232 g/mol. The highest BCUT2D eigenvalue weighted by atomic mass is 16.5. The summed E-state index contributed by atoms with van der Waals surface area (Å²) in [7, 11) is 5.58. The molecule has 0 aromatic rings. The number of carbonyl (C=O) groups excluding carboxylic acids is 1. The Morgan fingerprint density at radius 3 is 2.61 bits per heavy atom. The highest BCUT2D eigenvalue weighted by Gasteiger charge is 2.52. The number of likely N-dealkylation sites (tertiary alicyclic amines) is 1. The van der Waals surface area contributed by atoms with E-state index in [2.05, 4.69) is 0 Å². The van der Waals surface area contributed by atoms with E-state index in [-0.39, 0.29) is 17.4 Å². The van der Waals surface area contributed by atoms with Crippen LogP contribution < -0.4 is 0 Å². The molecule has 104 valence electrons. The second kappa shape index (κ2) is 5.15. The van der Waals surface area contributed by atoms with Crippen LogP contribution in [0.4, 0.5) is 0 Å². The van der Waals surface area contributed by atoms with Gasteiger partial charge in [-0.05, 0) is 33.4 Å². The van der Waals surface area contributed by atoms with Crippen LogP contribution in [-0.2, 0) is 9.53 Å². The average Bonchev–Trinajstić information content (AvgIpc) is 3.09.